The van der Waals surface area contributed by atoms with Crippen LogP contribution in [0.4, 0.5) is 0 Å². The van der Waals surface area contributed by atoms with E-state index in [0.717, 1.165) is 30.7 Å². The lowest BCUT2D eigenvalue weighted by Gasteiger charge is -2.28. The molecule has 0 radical (unpaired) electrons. The van der Waals surface area contributed by atoms with Gasteiger partial charge in [-0.25, -0.2) is 0 Å². The zero-order valence-corrected chi connectivity index (χ0v) is 13.7. The third kappa shape index (κ3) is 5.10. The molecule has 3 nitrogen and oxygen atoms in total. The molecular weight excluding hydrogens is 268 g/mol. The lowest BCUT2D eigenvalue weighted by molar-refractivity contribution is 0.241. The van der Waals surface area contributed by atoms with E-state index in [1.165, 1.54) is 0 Å². The molecule has 0 amide bonds. The molecule has 1 aromatic carbocycles. The van der Waals surface area contributed by atoms with E-state index in [9.17, 15) is 0 Å². The first-order valence-corrected chi connectivity index (χ1v) is 7.62. The summed E-state index contributed by atoms with van der Waals surface area (Å²) >= 11 is 5.25. The van der Waals surface area contributed by atoms with Crippen LogP contribution in [0.25, 0.3) is 0 Å². The molecule has 0 fully saturated rings. The van der Waals surface area contributed by atoms with Crippen molar-refractivity contribution in [2.75, 3.05) is 13.6 Å². The fraction of sp³-hybridized carbons (Fsp3) is 0.562. The van der Waals surface area contributed by atoms with Crippen molar-refractivity contribution >= 4 is 17.2 Å². The fourth-order valence-electron chi connectivity index (χ4n) is 2.20. The van der Waals surface area contributed by atoms with Crippen molar-refractivity contribution < 1.29 is 4.74 Å². The van der Waals surface area contributed by atoms with Crippen LogP contribution in [0.2, 0.25) is 0 Å². The van der Waals surface area contributed by atoms with Crippen LogP contribution in [0.15, 0.2) is 24.3 Å². The highest BCUT2D eigenvalue weighted by Crippen LogP contribution is 2.24. The van der Waals surface area contributed by atoms with Crippen molar-refractivity contribution in [2.24, 2.45) is 5.73 Å². The zero-order valence-electron chi connectivity index (χ0n) is 12.9. The third-order valence-electron chi connectivity index (χ3n) is 3.12. The lowest BCUT2D eigenvalue weighted by atomic mass is 10.0. The molecule has 1 unspecified atom stereocenters. The van der Waals surface area contributed by atoms with Crippen molar-refractivity contribution in [3.63, 3.8) is 0 Å². The number of nitrogens with zero attached hydrogens (tertiary/aromatic N) is 1. The van der Waals surface area contributed by atoms with Crippen LogP contribution in [0.1, 0.15) is 45.2 Å². The van der Waals surface area contributed by atoms with Crippen molar-refractivity contribution in [1.82, 2.24) is 4.90 Å². The Morgan fingerprint density at radius 2 is 2.10 bits per heavy atom. The molecule has 1 aromatic rings. The average Bonchev–Trinajstić information content (AvgIpc) is 2.35. The van der Waals surface area contributed by atoms with Gasteiger partial charge in [-0.1, -0.05) is 37.7 Å². The van der Waals surface area contributed by atoms with Crippen LogP contribution in [0.3, 0.4) is 0 Å². The monoisotopic (exact) mass is 294 g/mol. The number of benzene rings is 1. The molecule has 0 heterocycles. The van der Waals surface area contributed by atoms with Crippen molar-refractivity contribution in [3.05, 3.63) is 29.8 Å². The van der Waals surface area contributed by atoms with Crippen molar-refractivity contribution in [3.8, 4) is 5.75 Å². The Hall–Kier alpha value is -1.13. The molecule has 0 aromatic heterocycles. The maximum atomic E-state index is 5.94. The van der Waals surface area contributed by atoms with Crippen molar-refractivity contribution in [1.29, 1.82) is 0 Å². The standard InChI is InChI=1S/C16H26N2OS/c1-5-6-10-18(4)15(16(17)20)13-8-7-9-14(11-13)19-12(2)3/h7-9,11-12,15H,5-6,10H2,1-4H3,(H2,17,20). The molecule has 20 heavy (non-hydrogen) atoms. The fourth-order valence-corrected chi connectivity index (χ4v) is 2.52. The molecule has 1 rings (SSSR count). The van der Waals surface area contributed by atoms with Gasteiger partial charge < -0.3 is 10.5 Å². The molecule has 1 atom stereocenters. The number of unbranched alkanes of at least 4 members (excludes halogenated alkanes) is 1. The van der Waals surface area contributed by atoms with Crippen LogP contribution < -0.4 is 10.5 Å². The molecule has 4 heteroatoms. The van der Waals surface area contributed by atoms with E-state index in [1.807, 2.05) is 32.0 Å². The SMILES string of the molecule is CCCCN(C)C(C(N)=S)c1cccc(OC(C)C)c1. The van der Waals surface area contributed by atoms with Crippen LogP contribution >= 0.6 is 12.2 Å². The number of thiocarbonyl (C=S) groups is 1. The minimum atomic E-state index is -0.0349. The second kappa shape index (κ2) is 8.22. The van der Waals surface area contributed by atoms with Crippen LogP contribution in [0, 0.1) is 0 Å². The Morgan fingerprint density at radius 1 is 1.40 bits per heavy atom. The number of hydrogen-bond acceptors (Lipinski definition) is 3. The molecule has 0 aliphatic rings. The number of ether oxygens (including phenoxy) is 1. The molecule has 0 bridgehead atoms. The van der Waals surface area contributed by atoms with E-state index in [2.05, 4.69) is 24.9 Å². The second-order valence-electron chi connectivity index (χ2n) is 5.38. The van der Waals surface area contributed by atoms with Crippen LogP contribution in [0.5, 0.6) is 5.75 Å². The summed E-state index contributed by atoms with van der Waals surface area (Å²) in [6.45, 7) is 7.20. The maximum absolute atomic E-state index is 5.94. The molecule has 2 N–H and O–H groups in total. The van der Waals surface area contributed by atoms with Gasteiger partial charge in [0.1, 0.15) is 5.75 Å². The van der Waals surface area contributed by atoms with Gasteiger partial charge in [-0.2, -0.15) is 0 Å². The molecule has 0 saturated heterocycles. The Balaban J connectivity index is 2.94. The zero-order chi connectivity index (χ0) is 15.1. The van der Waals surface area contributed by atoms with Gasteiger partial charge in [0.05, 0.1) is 17.1 Å². The van der Waals surface area contributed by atoms with E-state index in [-0.39, 0.29) is 12.1 Å². The highest BCUT2D eigenvalue weighted by atomic mass is 32.1. The summed E-state index contributed by atoms with van der Waals surface area (Å²) in [6.07, 6.45) is 2.45. The summed E-state index contributed by atoms with van der Waals surface area (Å²) < 4.78 is 5.74. The Kier molecular flexibility index (Phi) is 6.96. The quantitative estimate of drug-likeness (QED) is 0.744. The van der Waals surface area contributed by atoms with E-state index < -0.39 is 0 Å². The average molecular weight is 294 g/mol. The van der Waals surface area contributed by atoms with Gasteiger partial charge in [0.25, 0.3) is 0 Å². The van der Waals surface area contributed by atoms with Crippen LogP contribution in [-0.4, -0.2) is 29.6 Å². The number of likely N-dealkylation sites (N-methyl/N-ethyl adjacent to an activating group) is 1. The Labute approximate surface area is 128 Å². The lowest BCUT2D eigenvalue weighted by Crippen LogP contribution is -2.34. The smallest absolute Gasteiger partial charge is 0.120 e. The highest BCUT2D eigenvalue weighted by Gasteiger charge is 2.20. The first kappa shape index (κ1) is 16.9. The van der Waals surface area contributed by atoms with E-state index in [4.69, 9.17) is 22.7 Å². The van der Waals surface area contributed by atoms with Crippen molar-refractivity contribution in [2.45, 2.75) is 45.8 Å². The number of nitrogens with two attached hydrogens (primary N) is 1. The summed E-state index contributed by atoms with van der Waals surface area (Å²) in [5.74, 6) is 0.864. The topological polar surface area (TPSA) is 38.5 Å². The van der Waals surface area contributed by atoms with Crippen LogP contribution in [-0.2, 0) is 0 Å². The van der Waals surface area contributed by atoms with E-state index in [0.29, 0.717) is 4.99 Å². The molecule has 0 aliphatic heterocycles. The summed E-state index contributed by atoms with van der Waals surface area (Å²) in [5.41, 5.74) is 7.03. The first-order chi connectivity index (χ1) is 9.45. The first-order valence-electron chi connectivity index (χ1n) is 7.21. The third-order valence-corrected chi connectivity index (χ3v) is 3.34. The van der Waals surface area contributed by atoms with Gasteiger partial charge in [-0.15, -0.1) is 0 Å². The molecule has 0 aliphatic carbocycles. The number of rotatable bonds is 8. The Morgan fingerprint density at radius 3 is 2.65 bits per heavy atom. The predicted molar refractivity (Wildman–Crippen MR) is 89.3 cm³/mol. The van der Waals surface area contributed by atoms with Gasteiger partial charge in [-0.05, 0) is 51.6 Å². The van der Waals surface area contributed by atoms with Gasteiger partial charge in [-0.3, -0.25) is 4.90 Å². The molecule has 112 valence electrons. The van der Waals surface area contributed by atoms with Gasteiger partial charge in [0.2, 0.25) is 0 Å². The molecular formula is C16H26N2OS. The van der Waals surface area contributed by atoms with Gasteiger partial charge in [0, 0.05) is 0 Å². The summed E-state index contributed by atoms with van der Waals surface area (Å²) in [7, 11) is 2.06. The molecule has 0 saturated carbocycles. The second-order valence-corrected chi connectivity index (χ2v) is 5.85. The van der Waals surface area contributed by atoms with Gasteiger partial charge >= 0.3 is 0 Å². The summed E-state index contributed by atoms with van der Waals surface area (Å²) in [5, 5.41) is 0. The summed E-state index contributed by atoms with van der Waals surface area (Å²) in [4.78, 5) is 2.71. The Bertz CT molecular complexity index is 434. The summed E-state index contributed by atoms with van der Waals surface area (Å²) in [6, 6.07) is 8.01. The predicted octanol–water partition coefficient (Wildman–Crippen LogP) is 3.53. The largest absolute Gasteiger partial charge is 0.491 e. The minimum absolute atomic E-state index is 0.0349. The minimum Gasteiger partial charge on any atom is -0.491 e. The number of hydrogen-bond donors (Lipinski definition) is 1. The highest BCUT2D eigenvalue weighted by molar-refractivity contribution is 7.80. The molecule has 0 spiro atoms. The van der Waals surface area contributed by atoms with Gasteiger partial charge in [0.15, 0.2) is 0 Å². The van der Waals surface area contributed by atoms with E-state index in [1.54, 1.807) is 0 Å². The normalized spacial score (nSPS) is 12.7. The van der Waals surface area contributed by atoms with E-state index >= 15 is 0 Å². The maximum Gasteiger partial charge on any atom is 0.120 e.